The number of methoxy groups -OCH3 is 2. The van der Waals surface area contributed by atoms with E-state index in [0.717, 1.165) is 24.0 Å². The zero-order valence-electron chi connectivity index (χ0n) is 10.0. The summed E-state index contributed by atoms with van der Waals surface area (Å²) in [5.74, 6) is 0.157. The van der Waals surface area contributed by atoms with Crippen molar-refractivity contribution in [2.24, 2.45) is 0 Å². The van der Waals surface area contributed by atoms with E-state index in [0.29, 0.717) is 17.9 Å². The summed E-state index contributed by atoms with van der Waals surface area (Å²) in [5, 5.41) is 9.20. The van der Waals surface area contributed by atoms with E-state index in [2.05, 4.69) is 0 Å². The average molecular weight is 236 g/mol. The van der Waals surface area contributed by atoms with Gasteiger partial charge in [0.05, 0.1) is 20.1 Å². The highest BCUT2D eigenvalue weighted by Crippen LogP contribution is 2.41. The fourth-order valence-electron chi connectivity index (χ4n) is 2.49. The van der Waals surface area contributed by atoms with Crippen LogP contribution in [0.2, 0.25) is 0 Å². The number of hydrogen-bond acceptors (Lipinski definition) is 3. The van der Waals surface area contributed by atoms with Gasteiger partial charge in [0.2, 0.25) is 0 Å². The van der Waals surface area contributed by atoms with Gasteiger partial charge in [-0.15, -0.1) is 0 Å². The van der Waals surface area contributed by atoms with E-state index in [-0.39, 0.29) is 0 Å². The Morgan fingerprint density at radius 2 is 2.12 bits per heavy atom. The first-order chi connectivity index (χ1) is 8.19. The Kier molecular flexibility index (Phi) is 3.22. The third-order valence-electron chi connectivity index (χ3n) is 3.28. The van der Waals surface area contributed by atoms with Crippen molar-refractivity contribution in [2.45, 2.75) is 25.2 Å². The predicted octanol–water partition coefficient (Wildman–Crippen LogP) is 2.21. The molecule has 1 unspecified atom stereocenters. The minimum absolute atomic E-state index is 0.418. The van der Waals surface area contributed by atoms with Gasteiger partial charge in [-0.05, 0) is 30.9 Å². The smallest absolute Gasteiger partial charge is 0.310 e. The van der Waals surface area contributed by atoms with Gasteiger partial charge in [-0.3, -0.25) is 4.79 Å². The zero-order chi connectivity index (χ0) is 12.4. The number of benzene rings is 1. The summed E-state index contributed by atoms with van der Waals surface area (Å²) < 4.78 is 10.6. The molecule has 4 heteroatoms. The number of carboxylic acids is 1. The van der Waals surface area contributed by atoms with Gasteiger partial charge in [0, 0.05) is 5.56 Å². The van der Waals surface area contributed by atoms with Crippen LogP contribution in [0.1, 0.15) is 29.9 Å². The Hall–Kier alpha value is -1.71. The summed E-state index contributed by atoms with van der Waals surface area (Å²) in [6.45, 7) is 0. The standard InChI is InChI=1S/C13H16O4/c1-16-11-7-6-8-9(12(11)17-2)4-3-5-10(8)13(14)15/h6-7,10H,3-5H2,1-2H3,(H,14,15). The van der Waals surface area contributed by atoms with Crippen LogP contribution in [0.3, 0.4) is 0 Å². The minimum Gasteiger partial charge on any atom is -0.493 e. The van der Waals surface area contributed by atoms with Gasteiger partial charge in [0.25, 0.3) is 0 Å². The first-order valence-corrected chi connectivity index (χ1v) is 5.65. The Balaban J connectivity index is 2.54. The molecule has 0 spiro atoms. The molecular weight excluding hydrogens is 220 g/mol. The van der Waals surface area contributed by atoms with E-state index in [1.165, 1.54) is 0 Å². The average Bonchev–Trinajstić information content (AvgIpc) is 2.36. The van der Waals surface area contributed by atoms with Gasteiger partial charge in [0.1, 0.15) is 0 Å². The summed E-state index contributed by atoms with van der Waals surface area (Å²) in [6, 6.07) is 3.62. The summed E-state index contributed by atoms with van der Waals surface area (Å²) in [5.41, 5.74) is 1.84. The molecule has 0 saturated heterocycles. The van der Waals surface area contributed by atoms with Crippen LogP contribution in [0.5, 0.6) is 11.5 Å². The molecule has 92 valence electrons. The lowest BCUT2D eigenvalue weighted by molar-refractivity contribution is -0.139. The molecule has 0 heterocycles. The SMILES string of the molecule is COc1ccc2c(c1OC)CCCC2C(=O)O. The number of carboxylic acid groups (broad SMARTS) is 1. The molecule has 1 aliphatic carbocycles. The molecule has 0 aliphatic heterocycles. The van der Waals surface area contributed by atoms with Crippen LogP contribution in [-0.2, 0) is 11.2 Å². The van der Waals surface area contributed by atoms with Crippen LogP contribution in [0, 0.1) is 0 Å². The van der Waals surface area contributed by atoms with Crippen LogP contribution in [0.4, 0.5) is 0 Å². The van der Waals surface area contributed by atoms with Crippen molar-refractivity contribution in [1.29, 1.82) is 0 Å². The lowest BCUT2D eigenvalue weighted by Crippen LogP contribution is -2.18. The summed E-state index contributed by atoms with van der Waals surface area (Å²) in [6.07, 6.45) is 2.41. The lowest BCUT2D eigenvalue weighted by Gasteiger charge is -2.25. The van der Waals surface area contributed by atoms with Gasteiger partial charge in [-0.1, -0.05) is 6.07 Å². The molecule has 0 radical (unpaired) electrons. The van der Waals surface area contributed by atoms with Gasteiger partial charge >= 0.3 is 5.97 Å². The van der Waals surface area contributed by atoms with Crippen molar-refractivity contribution in [3.05, 3.63) is 23.3 Å². The second-order valence-corrected chi connectivity index (χ2v) is 4.15. The molecule has 1 N–H and O–H groups in total. The Bertz CT molecular complexity index is 439. The first-order valence-electron chi connectivity index (χ1n) is 5.65. The van der Waals surface area contributed by atoms with Crippen molar-refractivity contribution < 1.29 is 19.4 Å². The number of aliphatic carboxylic acids is 1. The molecule has 1 aliphatic rings. The van der Waals surface area contributed by atoms with Gasteiger partial charge < -0.3 is 14.6 Å². The molecule has 2 rings (SSSR count). The van der Waals surface area contributed by atoms with Gasteiger partial charge in [0.15, 0.2) is 11.5 Å². The molecule has 1 atom stereocenters. The number of fused-ring (bicyclic) bond motifs is 1. The highest BCUT2D eigenvalue weighted by Gasteiger charge is 2.29. The zero-order valence-corrected chi connectivity index (χ0v) is 10.0. The molecule has 0 saturated carbocycles. The molecule has 0 aromatic heterocycles. The van der Waals surface area contributed by atoms with Crippen molar-refractivity contribution in [2.75, 3.05) is 14.2 Å². The quantitative estimate of drug-likeness (QED) is 0.874. The van der Waals surface area contributed by atoms with E-state index in [4.69, 9.17) is 9.47 Å². The monoisotopic (exact) mass is 236 g/mol. The maximum atomic E-state index is 11.2. The van der Waals surface area contributed by atoms with Crippen LogP contribution in [-0.4, -0.2) is 25.3 Å². The molecule has 0 fully saturated rings. The van der Waals surface area contributed by atoms with E-state index < -0.39 is 11.9 Å². The number of carbonyl (C=O) groups is 1. The van der Waals surface area contributed by atoms with E-state index in [1.54, 1.807) is 20.3 Å². The van der Waals surface area contributed by atoms with Crippen molar-refractivity contribution >= 4 is 5.97 Å². The molecule has 1 aromatic carbocycles. The third kappa shape index (κ3) is 1.95. The Labute approximate surface area is 100 Å². The second-order valence-electron chi connectivity index (χ2n) is 4.15. The van der Waals surface area contributed by atoms with Crippen LogP contribution in [0.25, 0.3) is 0 Å². The van der Waals surface area contributed by atoms with Crippen molar-refractivity contribution in [3.8, 4) is 11.5 Å². The maximum absolute atomic E-state index is 11.2. The Morgan fingerprint density at radius 3 is 2.71 bits per heavy atom. The molecule has 4 nitrogen and oxygen atoms in total. The maximum Gasteiger partial charge on any atom is 0.310 e. The van der Waals surface area contributed by atoms with Crippen molar-refractivity contribution in [3.63, 3.8) is 0 Å². The molecular formula is C13H16O4. The van der Waals surface area contributed by atoms with Crippen LogP contribution < -0.4 is 9.47 Å². The Morgan fingerprint density at radius 1 is 1.35 bits per heavy atom. The lowest BCUT2D eigenvalue weighted by atomic mass is 9.82. The van der Waals surface area contributed by atoms with Crippen LogP contribution >= 0.6 is 0 Å². The number of ether oxygens (including phenoxy) is 2. The highest BCUT2D eigenvalue weighted by atomic mass is 16.5. The van der Waals surface area contributed by atoms with Gasteiger partial charge in [-0.25, -0.2) is 0 Å². The first kappa shape index (κ1) is 11.8. The third-order valence-corrected chi connectivity index (χ3v) is 3.28. The van der Waals surface area contributed by atoms with Gasteiger partial charge in [-0.2, -0.15) is 0 Å². The molecule has 1 aromatic rings. The minimum atomic E-state index is -0.766. The van der Waals surface area contributed by atoms with E-state index in [1.807, 2.05) is 6.07 Å². The van der Waals surface area contributed by atoms with E-state index >= 15 is 0 Å². The van der Waals surface area contributed by atoms with E-state index in [9.17, 15) is 9.90 Å². The fourth-order valence-corrected chi connectivity index (χ4v) is 2.49. The van der Waals surface area contributed by atoms with Crippen LogP contribution in [0.15, 0.2) is 12.1 Å². The largest absolute Gasteiger partial charge is 0.493 e. The number of hydrogen-bond donors (Lipinski definition) is 1. The summed E-state index contributed by atoms with van der Waals surface area (Å²) in [7, 11) is 3.17. The summed E-state index contributed by atoms with van der Waals surface area (Å²) in [4.78, 5) is 11.2. The molecule has 17 heavy (non-hydrogen) atoms. The fraction of sp³-hybridized carbons (Fsp3) is 0.462. The topological polar surface area (TPSA) is 55.8 Å². The molecule has 0 bridgehead atoms. The highest BCUT2D eigenvalue weighted by molar-refractivity contribution is 5.78. The van der Waals surface area contributed by atoms with Crippen molar-refractivity contribution in [1.82, 2.24) is 0 Å². The normalized spacial score (nSPS) is 18.4. The molecule has 0 amide bonds. The predicted molar refractivity (Wildman–Crippen MR) is 62.9 cm³/mol. The summed E-state index contributed by atoms with van der Waals surface area (Å²) >= 11 is 0. The second kappa shape index (κ2) is 4.65. The number of rotatable bonds is 3.